The maximum absolute atomic E-state index is 12.1. The molecule has 2 N–H and O–H groups in total. The van der Waals surface area contributed by atoms with Crippen LogP contribution in [0.5, 0.6) is 5.75 Å². The molecule has 1 aromatic carbocycles. The van der Waals surface area contributed by atoms with Gasteiger partial charge in [-0.3, -0.25) is 4.79 Å². The van der Waals surface area contributed by atoms with Gasteiger partial charge in [0.25, 0.3) is 5.91 Å². The van der Waals surface area contributed by atoms with Gasteiger partial charge in [0, 0.05) is 12.1 Å². The van der Waals surface area contributed by atoms with Crippen LogP contribution in [-0.2, 0) is 11.3 Å². The van der Waals surface area contributed by atoms with Gasteiger partial charge in [-0.15, -0.1) is 0 Å². The van der Waals surface area contributed by atoms with E-state index in [1.54, 1.807) is 6.92 Å². The third kappa shape index (κ3) is 5.38. The summed E-state index contributed by atoms with van der Waals surface area (Å²) in [5, 5.41) is 6.07. The van der Waals surface area contributed by atoms with Gasteiger partial charge in [0.05, 0.1) is 0 Å². The molecule has 1 unspecified atom stereocenters. The second-order valence-electron chi connectivity index (χ2n) is 6.59. The van der Waals surface area contributed by atoms with Crippen LogP contribution in [0.1, 0.15) is 44.4 Å². The second kappa shape index (κ2) is 6.94. The average molecular weight is 292 g/mol. The van der Waals surface area contributed by atoms with E-state index in [9.17, 15) is 4.79 Å². The van der Waals surface area contributed by atoms with E-state index in [1.165, 1.54) is 5.56 Å². The highest BCUT2D eigenvalue weighted by molar-refractivity contribution is 5.81. The Morgan fingerprint density at radius 3 is 2.19 bits per heavy atom. The first-order valence-electron chi connectivity index (χ1n) is 7.37. The third-order valence-corrected chi connectivity index (χ3v) is 3.06. The lowest BCUT2D eigenvalue weighted by Gasteiger charge is -2.24. The predicted molar refractivity (Wildman–Crippen MR) is 86.7 cm³/mol. The summed E-state index contributed by atoms with van der Waals surface area (Å²) in [6.45, 7) is 12.5. The minimum absolute atomic E-state index is 0.0967. The first kappa shape index (κ1) is 17.5. The summed E-state index contributed by atoms with van der Waals surface area (Å²) in [5.74, 6) is 0.701. The van der Waals surface area contributed by atoms with Crippen LogP contribution in [0.15, 0.2) is 12.1 Å². The van der Waals surface area contributed by atoms with E-state index in [4.69, 9.17) is 4.74 Å². The molecule has 21 heavy (non-hydrogen) atoms. The van der Waals surface area contributed by atoms with E-state index in [1.807, 2.05) is 41.7 Å². The van der Waals surface area contributed by atoms with Crippen LogP contribution in [0.4, 0.5) is 0 Å². The van der Waals surface area contributed by atoms with Crippen LogP contribution < -0.4 is 15.4 Å². The van der Waals surface area contributed by atoms with Gasteiger partial charge in [0.1, 0.15) is 5.75 Å². The number of ether oxygens (including phenoxy) is 1. The summed E-state index contributed by atoms with van der Waals surface area (Å²) >= 11 is 0. The Morgan fingerprint density at radius 1 is 1.24 bits per heavy atom. The van der Waals surface area contributed by atoms with Crippen molar-refractivity contribution >= 4 is 5.91 Å². The highest BCUT2D eigenvalue weighted by Gasteiger charge is 2.21. The third-order valence-electron chi connectivity index (χ3n) is 3.06. The Kier molecular flexibility index (Phi) is 5.78. The molecule has 0 aromatic heterocycles. The molecule has 118 valence electrons. The number of carbonyl (C=O) groups is 1. The van der Waals surface area contributed by atoms with Crippen LogP contribution in [0.2, 0.25) is 0 Å². The maximum Gasteiger partial charge on any atom is 0.261 e. The molecule has 0 saturated carbocycles. The molecule has 0 heterocycles. The summed E-state index contributed by atoms with van der Waals surface area (Å²) < 4.78 is 5.88. The van der Waals surface area contributed by atoms with Crippen molar-refractivity contribution in [2.24, 2.45) is 0 Å². The number of carbonyl (C=O) groups excluding carboxylic acids is 1. The molecule has 0 aliphatic heterocycles. The number of hydrogen-bond acceptors (Lipinski definition) is 3. The van der Waals surface area contributed by atoms with Gasteiger partial charge in [-0.05, 0) is 65.3 Å². The second-order valence-corrected chi connectivity index (χ2v) is 6.59. The molecule has 1 aromatic rings. The smallest absolute Gasteiger partial charge is 0.261 e. The Hall–Kier alpha value is -1.55. The molecule has 1 rings (SSSR count). The lowest BCUT2D eigenvalue weighted by Crippen LogP contribution is -2.46. The van der Waals surface area contributed by atoms with E-state index in [-0.39, 0.29) is 11.4 Å². The summed E-state index contributed by atoms with van der Waals surface area (Å²) in [5.41, 5.74) is 3.06. The largest absolute Gasteiger partial charge is 0.480 e. The van der Waals surface area contributed by atoms with Gasteiger partial charge in [-0.25, -0.2) is 0 Å². The van der Waals surface area contributed by atoms with Gasteiger partial charge in [-0.1, -0.05) is 12.1 Å². The number of nitrogens with one attached hydrogen (secondary N) is 2. The molecule has 0 aliphatic carbocycles. The molecule has 0 aliphatic rings. The van der Waals surface area contributed by atoms with Gasteiger partial charge in [-0.2, -0.15) is 0 Å². The van der Waals surface area contributed by atoms with E-state index >= 15 is 0 Å². The lowest BCUT2D eigenvalue weighted by molar-refractivity contribution is -0.128. The Labute approximate surface area is 128 Å². The van der Waals surface area contributed by atoms with Crippen molar-refractivity contribution in [2.75, 3.05) is 7.05 Å². The van der Waals surface area contributed by atoms with E-state index in [2.05, 4.69) is 22.8 Å². The highest BCUT2D eigenvalue weighted by Crippen LogP contribution is 2.26. The summed E-state index contributed by atoms with van der Waals surface area (Å²) in [6.07, 6.45) is -0.517. The maximum atomic E-state index is 12.1. The molecule has 4 heteroatoms. The summed E-state index contributed by atoms with van der Waals surface area (Å²) in [6, 6.07) is 4.18. The number of aryl methyl sites for hydroxylation is 2. The molecule has 4 nitrogen and oxygen atoms in total. The molecule has 1 amide bonds. The summed E-state index contributed by atoms with van der Waals surface area (Å²) in [7, 11) is 1.92. The fourth-order valence-electron chi connectivity index (χ4n) is 2.23. The van der Waals surface area contributed by atoms with Crippen molar-refractivity contribution < 1.29 is 9.53 Å². The zero-order chi connectivity index (χ0) is 16.2. The fraction of sp³-hybridized carbons (Fsp3) is 0.588. The zero-order valence-corrected chi connectivity index (χ0v) is 14.3. The molecule has 0 fully saturated rings. The first-order valence-corrected chi connectivity index (χ1v) is 7.37. The summed E-state index contributed by atoms with van der Waals surface area (Å²) in [4.78, 5) is 12.1. The molecule has 0 bridgehead atoms. The highest BCUT2D eigenvalue weighted by atomic mass is 16.5. The quantitative estimate of drug-likeness (QED) is 0.877. The molecular formula is C17H28N2O2. The molecular weight excluding hydrogens is 264 g/mol. The van der Waals surface area contributed by atoms with Crippen molar-refractivity contribution in [1.82, 2.24) is 10.6 Å². The van der Waals surface area contributed by atoms with Gasteiger partial charge < -0.3 is 15.4 Å². The first-order chi connectivity index (χ1) is 9.64. The molecule has 0 saturated heterocycles. The Bertz CT molecular complexity index is 481. The normalized spacial score (nSPS) is 12.9. The van der Waals surface area contributed by atoms with Gasteiger partial charge in [0.15, 0.2) is 6.10 Å². The van der Waals surface area contributed by atoms with Gasteiger partial charge in [0.2, 0.25) is 0 Å². The average Bonchev–Trinajstić information content (AvgIpc) is 2.31. The van der Waals surface area contributed by atoms with Crippen LogP contribution in [0, 0.1) is 13.8 Å². The van der Waals surface area contributed by atoms with Crippen molar-refractivity contribution in [2.45, 2.75) is 59.7 Å². The van der Waals surface area contributed by atoms with Crippen LogP contribution in [0.25, 0.3) is 0 Å². The van der Waals surface area contributed by atoms with E-state index in [0.717, 1.165) is 23.4 Å². The molecule has 1 atom stereocenters. The number of hydrogen-bond donors (Lipinski definition) is 2. The van der Waals surface area contributed by atoms with Crippen molar-refractivity contribution in [3.8, 4) is 5.75 Å². The Morgan fingerprint density at radius 2 is 1.76 bits per heavy atom. The lowest BCUT2D eigenvalue weighted by atomic mass is 10.1. The SMILES string of the molecule is CNCc1cc(C)c(OC(C)C(=O)NC(C)(C)C)c(C)c1. The minimum atomic E-state index is -0.517. The number of benzene rings is 1. The van der Waals surface area contributed by atoms with Crippen LogP contribution >= 0.6 is 0 Å². The van der Waals surface area contributed by atoms with E-state index in [0.29, 0.717) is 0 Å². The van der Waals surface area contributed by atoms with E-state index < -0.39 is 6.10 Å². The monoisotopic (exact) mass is 292 g/mol. The van der Waals surface area contributed by atoms with Gasteiger partial charge >= 0.3 is 0 Å². The van der Waals surface area contributed by atoms with Crippen molar-refractivity contribution in [1.29, 1.82) is 0 Å². The fourth-order valence-corrected chi connectivity index (χ4v) is 2.23. The minimum Gasteiger partial charge on any atom is -0.480 e. The number of rotatable bonds is 5. The molecule has 0 spiro atoms. The predicted octanol–water partition coefficient (Wildman–Crippen LogP) is 2.70. The zero-order valence-electron chi connectivity index (χ0n) is 14.3. The van der Waals surface area contributed by atoms with Crippen LogP contribution in [0.3, 0.4) is 0 Å². The van der Waals surface area contributed by atoms with Crippen molar-refractivity contribution in [3.05, 3.63) is 28.8 Å². The number of amides is 1. The Balaban J connectivity index is 2.85. The standard InChI is InChI=1S/C17H28N2O2/c1-11-8-14(10-18-7)9-12(2)15(11)21-13(3)16(20)19-17(4,5)6/h8-9,13,18H,10H2,1-7H3,(H,19,20). The molecule has 0 radical (unpaired) electrons. The topological polar surface area (TPSA) is 50.4 Å². The van der Waals surface area contributed by atoms with Crippen LogP contribution in [-0.4, -0.2) is 24.6 Å². The van der Waals surface area contributed by atoms with Crippen molar-refractivity contribution in [3.63, 3.8) is 0 Å².